The maximum Gasteiger partial charge on any atom is 0.266 e. The topological polar surface area (TPSA) is 106 Å². The standard InChI is InChI=1S/C22H26N4O3/c1-5-26(6-2)22(29)16-7-9-17(10-8-16)25-20(27)12-11-18-14(3)19(13-23)21(28)24-15(18)4/h7-10H,5-6,11-12H2,1-4H3,(H,24,28)(H,25,27). The summed E-state index contributed by atoms with van der Waals surface area (Å²) >= 11 is 0. The largest absolute Gasteiger partial charge is 0.339 e. The van der Waals surface area contributed by atoms with Crippen LogP contribution in [0.1, 0.15) is 53.0 Å². The molecule has 0 saturated heterocycles. The van der Waals surface area contributed by atoms with Crippen LogP contribution in [-0.2, 0) is 11.2 Å². The number of hydrogen-bond acceptors (Lipinski definition) is 4. The number of hydrogen-bond donors (Lipinski definition) is 2. The van der Waals surface area contributed by atoms with Gasteiger partial charge in [-0.25, -0.2) is 0 Å². The van der Waals surface area contributed by atoms with Crippen molar-refractivity contribution in [3.05, 3.63) is 62.6 Å². The number of rotatable bonds is 7. The predicted octanol–water partition coefficient (Wildman–Crippen LogP) is 2.92. The van der Waals surface area contributed by atoms with Crippen LogP contribution in [0.5, 0.6) is 0 Å². The molecule has 0 spiro atoms. The second-order valence-electron chi connectivity index (χ2n) is 6.77. The minimum absolute atomic E-state index is 0.0369. The van der Waals surface area contributed by atoms with Crippen LogP contribution >= 0.6 is 0 Å². The average Bonchev–Trinajstić information content (AvgIpc) is 2.69. The van der Waals surface area contributed by atoms with Crippen molar-refractivity contribution < 1.29 is 9.59 Å². The molecule has 7 nitrogen and oxygen atoms in total. The third-order valence-corrected chi connectivity index (χ3v) is 4.99. The fourth-order valence-corrected chi connectivity index (χ4v) is 3.27. The Morgan fingerprint density at radius 3 is 2.31 bits per heavy atom. The van der Waals surface area contributed by atoms with E-state index in [2.05, 4.69) is 10.3 Å². The Morgan fingerprint density at radius 2 is 1.76 bits per heavy atom. The number of nitrogens with one attached hydrogen (secondary N) is 2. The number of nitrogens with zero attached hydrogens (tertiary/aromatic N) is 2. The quantitative estimate of drug-likeness (QED) is 0.753. The molecule has 2 aromatic rings. The van der Waals surface area contributed by atoms with Gasteiger partial charge in [-0.15, -0.1) is 0 Å². The summed E-state index contributed by atoms with van der Waals surface area (Å²) < 4.78 is 0. The van der Waals surface area contributed by atoms with Crippen molar-refractivity contribution in [1.29, 1.82) is 5.26 Å². The lowest BCUT2D eigenvalue weighted by atomic mass is 9.99. The first kappa shape index (κ1) is 21.9. The Morgan fingerprint density at radius 1 is 1.14 bits per heavy atom. The lowest BCUT2D eigenvalue weighted by Gasteiger charge is -2.18. The lowest BCUT2D eigenvalue weighted by Crippen LogP contribution is -2.30. The van der Waals surface area contributed by atoms with E-state index in [-0.39, 0.29) is 23.8 Å². The smallest absolute Gasteiger partial charge is 0.266 e. The predicted molar refractivity (Wildman–Crippen MR) is 112 cm³/mol. The maximum absolute atomic E-state index is 12.3. The molecule has 0 radical (unpaired) electrons. The molecule has 1 aromatic heterocycles. The summed E-state index contributed by atoms with van der Waals surface area (Å²) in [6, 6.07) is 8.73. The van der Waals surface area contributed by atoms with Gasteiger partial charge in [-0.3, -0.25) is 14.4 Å². The highest BCUT2D eigenvalue weighted by atomic mass is 16.2. The monoisotopic (exact) mass is 394 g/mol. The summed E-state index contributed by atoms with van der Waals surface area (Å²) in [6.07, 6.45) is 0.617. The van der Waals surface area contributed by atoms with Crippen molar-refractivity contribution in [3.63, 3.8) is 0 Å². The van der Waals surface area contributed by atoms with Crippen molar-refractivity contribution >= 4 is 17.5 Å². The normalized spacial score (nSPS) is 10.3. The number of H-pyrrole nitrogens is 1. The zero-order valence-electron chi connectivity index (χ0n) is 17.3. The Hall–Kier alpha value is -3.40. The highest BCUT2D eigenvalue weighted by molar-refractivity contribution is 5.95. The van der Waals surface area contributed by atoms with Gasteiger partial charge < -0.3 is 15.2 Å². The molecule has 2 N–H and O–H groups in total. The number of anilines is 1. The summed E-state index contributed by atoms with van der Waals surface area (Å²) in [4.78, 5) is 40.8. The van der Waals surface area contributed by atoms with Gasteiger partial charge in [0.25, 0.3) is 11.5 Å². The second-order valence-corrected chi connectivity index (χ2v) is 6.77. The van der Waals surface area contributed by atoms with E-state index < -0.39 is 5.56 Å². The molecule has 0 unspecified atom stereocenters. The van der Waals surface area contributed by atoms with Gasteiger partial charge in [0.15, 0.2) is 0 Å². The van der Waals surface area contributed by atoms with E-state index >= 15 is 0 Å². The maximum atomic E-state index is 12.3. The number of aromatic amines is 1. The SMILES string of the molecule is CCN(CC)C(=O)c1ccc(NC(=O)CCc2c(C)[nH]c(=O)c(C#N)c2C)cc1. The van der Waals surface area contributed by atoms with Crippen LogP contribution < -0.4 is 10.9 Å². The highest BCUT2D eigenvalue weighted by Crippen LogP contribution is 2.16. The molecule has 2 amide bonds. The fourth-order valence-electron chi connectivity index (χ4n) is 3.27. The number of aromatic nitrogens is 1. The van der Waals surface area contributed by atoms with Crippen LogP contribution in [0, 0.1) is 25.2 Å². The molecule has 29 heavy (non-hydrogen) atoms. The first-order valence-corrected chi connectivity index (χ1v) is 9.63. The van der Waals surface area contributed by atoms with Gasteiger partial charge in [-0.2, -0.15) is 5.26 Å². The van der Waals surface area contributed by atoms with Gasteiger partial charge in [0.1, 0.15) is 11.6 Å². The van der Waals surface area contributed by atoms with E-state index in [9.17, 15) is 14.4 Å². The van der Waals surface area contributed by atoms with Crippen molar-refractivity contribution in [2.24, 2.45) is 0 Å². The molecule has 0 bridgehead atoms. The molecule has 0 fully saturated rings. The minimum Gasteiger partial charge on any atom is -0.339 e. The van der Waals surface area contributed by atoms with Gasteiger partial charge >= 0.3 is 0 Å². The first-order valence-electron chi connectivity index (χ1n) is 9.63. The van der Waals surface area contributed by atoms with E-state index in [0.717, 1.165) is 5.56 Å². The Bertz CT molecular complexity index is 996. The fraction of sp³-hybridized carbons (Fsp3) is 0.364. The van der Waals surface area contributed by atoms with Crippen molar-refractivity contribution in [1.82, 2.24) is 9.88 Å². The van der Waals surface area contributed by atoms with Crippen LogP contribution in [-0.4, -0.2) is 34.8 Å². The van der Waals surface area contributed by atoms with Gasteiger partial charge in [0.2, 0.25) is 5.91 Å². The summed E-state index contributed by atoms with van der Waals surface area (Å²) in [5.74, 6) is -0.221. The molecule has 1 aromatic carbocycles. The highest BCUT2D eigenvalue weighted by Gasteiger charge is 2.14. The molecular formula is C22H26N4O3. The van der Waals surface area contributed by atoms with E-state index in [4.69, 9.17) is 5.26 Å². The molecular weight excluding hydrogens is 368 g/mol. The molecule has 0 aliphatic heterocycles. The van der Waals surface area contributed by atoms with Gasteiger partial charge in [0, 0.05) is 36.5 Å². The Kier molecular flexibility index (Phi) is 7.32. The van der Waals surface area contributed by atoms with E-state index in [1.54, 1.807) is 43.0 Å². The average molecular weight is 394 g/mol. The van der Waals surface area contributed by atoms with Crippen molar-refractivity contribution in [2.45, 2.75) is 40.5 Å². The summed E-state index contributed by atoms with van der Waals surface area (Å²) in [5, 5.41) is 12.0. The van der Waals surface area contributed by atoms with Gasteiger partial charge in [-0.05, 0) is 69.5 Å². The van der Waals surface area contributed by atoms with Crippen LogP contribution in [0.25, 0.3) is 0 Å². The molecule has 0 aliphatic rings. The third kappa shape index (κ3) is 5.11. The zero-order valence-corrected chi connectivity index (χ0v) is 17.3. The first-order chi connectivity index (χ1) is 13.8. The zero-order chi connectivity index (χ0) is 21.6. The summed E-state index contributed by atoms with van der Waals surface area (Å²) in [5.41, 5.74) is 2.94. The van der Waals surface area contributed by atoms with Crippen LogP contribution in [0.2, 0.25) is 0 Å². The van der Waals surface area contributed by atoms with Crippen LogP contribution in [0.4, 0.5) is 5.69 Å². The number of aryl methyl sites for hydroxylation is 1. The van der Waals surface area contributed by atoms with Crippen LogP contribution in [0.3, 0.4) is 0 Å². The molecule has 2 rings (SSSR count). The number of carbonyl (C=O) groups is 2. The molecule has 0 aliphatic carbocycles. The van der Waals surface area contributed by atoms with E-state index in [1.165, 1.54) is 0 Å². The minimum atomic E-state index is -0.407. The summed E-state index contributed by atoms with van der Waals surface area (Å²) in [7, 11) is 0. The van der Waals surface area contributed by atoms with Crippen molar-refractivity contribution in [3.8, 4) is 6.07 Å². The van der Waals surface area contributed by atoms with Crippen molar-refractivity contribution in [2.75, 3.05) is 18.4 Å². The number of amides is 2. The number of nitriles is 1. The molecule has 0 saturated carbocycles. The Labute approximate surface area is 170 Å². The second kappa shape index (κ2) is 9.69. The number of pyridine rings is 1. The Balaban J connectivity index is 2.03. The molecule has 152 valence electrons. The molecule has 1 heterocycles. The number of benzene rings is 1. The molecule has 7 heteroatoms. The summed E-state index contributed by atoms with van der Waals surface area (Å²) in [6.45, 7) is 8.63. The lowest BCUT2D eigenvalue weighted by molar-refractivity contribution is -0.116. The van der Waals surface area contributed by atoms with Crippen LogP contribution in [0.15, 0.2) is 29.1 Å². The van der Waals surface area contributed by atoms with Gasteiger partial charge in [-0.1, -0.05) is 0 Å². The third-order valence-electron chi connectivity index (χ3n) is 4.99. The van der Waals surface area contributed by atoms with E-state index in [1.807, 2.05) is 19.9 Å². The number of carbonyl (C=O) groups excluding carboxylic acids is 2. The molecule has 0 atom stereocenters. The van der Waals surface area contributed by atoms with Gasteiger partial charge in [0.05, 0.1) is 0 Å². The van der Waals surface area contributed by atoms with E-state index in [0.29, 0.717) is 42.0 Å².